The number of nitrogens with zero attached hydrogens (tertiary/aromatic N) is 2. The van der Waals surface area contributed by atoms with Gasteiger partial charge < -0.3 is 10.0 Å². The standard InChI is InChI=1S/C16H20N2O3/c1-10-3-4-11(2)12(9-10)15-13-5-6-14(19)17(13)7-8-18(15)16(20)21/h3-4,9,13,15H,5-8H2,1-2H3,(H,20,21)/t13-,15-/m0/s1. The van der Waals surface area contributed by atoms with Gasteiger partial charge in [-0.2, -0.15) is 0 Å². The molecular formula is C16H20N2O3. The summed E-state index contributed by atoms with van der Waals surface area (Å²) >= 11 is 0. The van der Waals surface area contributed by atoms with Crippen molar-refractivity contribution in [3.63, 3.8) is 0 Å². The SMILES string of the molecule is Cc1ccc(C)c([C@H]2[C@@H]3CCC(=O)N3CCN2C(=O)O)c1. The molecule has 2 atom stereocenters. The zero-order valence-electron chi connectivity index (χ0n) is 12.4. The third-order valence-corrected chi connectivity index (χ3v) is 4.66. The van der Waals surface area contributed by atoms with Crippen molar-refractivity contribution in [3.05, 3.63) is 34.9 Å². The first kappa shape index (κ1) is 13.9. The van der Waals surface area contributed by atoms with E-state index in [2.05, 4.69) is 6.07 Å². The Kier molecular flexibility index (Phi) is 3.35. The van der Waals surface area contributed by atoms with E-state index < -0.39 is 6.09 Å². The van der Waals surface area contributed by atoms with Crippen LogP contribution < -0.4 is 0 Å². The monoisotopic (exact) mass is 288 g/mol. The molecule has 0 unspecified atom stereocenters. The minimum Gasteiger partial charge on any atom is -0.465 e. The molecule has 0 aromatic heterocycles. The first-order valence-electron chi connectivity index (χ1n) is 7.35. The van der Waals surface area contributed by atoms with Crippen LogP contribution in [0.1, 0.15) is 35.6 Å². The summed E-state index contributed by atoms with van der Waals surface area (Å²) in [7, 11) is 0. The molecule has 0 spiro atoms. The van der Waals surface area contributed by atoms with Crippen molar-refractivity contribution in [3.8, 4) is 0 Å². The molecule has 2 aliphatic rings. The van der Waals surface area contributed by atoms with Crippen LogP contribution >= 0.6 is 0 Å². The van der Waals surface area contributed by atoms with Gasteiger partial charge in [-0.25, -0.2) is 4.79 Å². The molecule has 21 heavy (non-hydrogen) atoms. The molecule has 2 aliphatic heterocycles. The van der Waals surface area contributed by atoms with Crippen molar-refractivity contribution in [1.29, 1.82) is 0 Å². The maximum absolute atomic E-state index is 12.0. The van der Waals surface area contributed by atoms with E-state index in [1.165, 1.54) is 4.90 Å². The van der Waals surface area contributed by atoms with Crippen molar-refractivity contribution >= 4 is 12.0 Å². The molecule has 0 bridgehead atoms. The van der Waals surface area contributed by atoms with Gasteiger partial charge >= 0.3 is 6.09 Å². The molecule has 0 radical (unpaired) electrons. The Morgan fingerprint density at radius 2 is 2.05 bits per heavy atom. The van der Waals surface area contributed by atoms with Crippen LogP contribution in [-0.2, 0) is 4.79 Å². The van der Waals surface area contributed by atoms with Crippen molar-refractivity contribution < 1.29 is 14.7 Å². The van der Waals surface area contributed by atoms with E-state index in [1.54, 1.807) is 0 Å². The average molecular weight is 288 g/mol. The average Bonchev–Trinajstić information content (AvgIpc) is 2.82. The van der Waals surface area contributed by atoms with E-state index in [4.69, 9.17) is 0 Å². The van der Waals surface area contributed by atoms with E-state index in [0.29, 0.717) is 19.5 Å². The van der Waals surface area contributed by atoms with Crippen LogP contribution in [0.5, 0.6) is 0 Å². The van der Waals surface area contributed by atoms with Crippen LogP contribution in [0.3, 0.4) is 0 Å². The molecule has 112 valence electrons. The number of piperazine rings is 1. The number of hydrogen-bond acceptors (Lipinski definition) is 2. The van der Waals surface area contributed by atoms with Crippen LogP contribution in [0.2, 0.25) is 0 Å². The summed E-state index contributed by atoms with van der Waals surface area (Å²) in [6.07, 6.45) is 0.361. The van der Waals surface area contributed by atoms with Gasteiger partial charge in [0.2, 0.25) is 5.91 Å². The lowest BCUT2D eigenvalue weighted by molar-refractivity contribution is -0.131. The van der Waals surface area contributed by atoms with E-state index in [9.17, 15) is 14.7 Å². The summed E-state index contributed by atoms with van der Waals surface area (Å²) in [6.45, 7) is 4.91. The fourth-order valence-electron chi connectivity index (χ4n) is 3.61. The van der Waals surface area contributed by atoms with Gasteiger partial charge in [-0.1, -0.05) is 23.8 Å². The zero-order chi connectivity index (χ0) is 15.1. The van der Waals surface area contributed by atoms with Crippen LogP contribution in [0.15, 0.2) is 18.2 Å². The number of rotatable bonds is 1. The lowest BCUT2D eigenvalue weighted by atomic mass is 9.90. The molecule has 2 amide bonds. The van der Waals surface area contributed by atoms with Gasteiger partial charge in [-0.3, -0.25) is 9.69 Å². The smallest absolute Gasteiger partial charge is 0.407 e. The predicted octanol–water partition coefficient (Wildman–Crippen LogP) is 2.33. The summed E-state index contributed by atoms with van der Waals surface area (Å²) < 4.78 is 0. The quantitative estimate of drug-likeness (QED) is 0.862. The fraction of sp³-hybridized carbons (Fsp3) is 0.500. The van der Waals surface area contributed by atoms with Crippen LogP contribution in [-0.4, -0.2) is 46.0 Å². The Hall–Kier alpha value is -2.04. The second-order valence-electron chi connectivity index (χ2n) is 5.97. The Morgan fingerprint density at radius 3 is 2.76 bits per heavy atom. The van der Waals surface area contributed by atoms with Gasteiger partial charge in [0.05, 0.1) is 12.1 Å². The molecule has 0 saturated carbocycles. The predicted molar refractivity (Wildman–Crippen MR) is 78.1 cm³/mol. The molecule has 1 aromatic rings. The number of amides is 2. The normalized spacial score (nSPS) is 25.1. The zero-order valence-corrected chi connectivity index (χ0v) is 12.4. The Morgan fingerprint density at radius 1 is 1.29 bits per heavy atom. The van der Waals surface area contributed by atoms with Gasteiger partial charge in [0.1, 0.15) is 0 Å². The molecular weight excluding hydrogens is 268 g/mol. The van der Waals surface area contributed by atoms with E-state index >= 15 is 0 Å². The Bertz CT molecular complexity index is 599. The second kappa shape index (κ2) is 5.06. The summed E-state index contributed by atoms with van der Waals surface area (Å²) in [6, 6.07) is 5.85. The maximum atomic E-state index is 12.0. The molecule has 1 aromatic carbocycles. The molecule has 2 fully saturated rings. The summed E-state index contributed by atoms with van der Waals surface area (Å²) in [5, 5.41) is 9.54. The van der Waals surface area contributed by atoms with Gasteiger partial charge in [0.15, 0.2) is 0 Å². The topological polar surface area (TPSA) is 60.9 Å². The maximum Gasteiger partial charge on any atom is 0.407 e. The van der Waals surface area contributed by atoms with Crippen molar-refractivity contribution in [2.24, 2.45) is 0 Å². The number of hydrogen-bond donors (Lipinski definition) is 1. The highest BCUT2D eigenvalue weighted by Crippen LogP contribution is 2.38. The molecule has 3 rings (SSSR count). The first-order valence-corrected chi connectivity index (χ1v) is 7.35. The second-order valence-corrected chi connectivity index (χ2v) is 5.97. The van der Waals surface area contributed by atoms with Gasteiger partial charge in [0, 0.05) is 19.5 Å². The molecule has 1 N–H and O–H groups in total. The Balaban J connectivity index is 2.06. The van der Waals surface area contributed by atoms with Crippen molar-refractivity contribution in [2.45, 2.75) is 38.8 Å². The lowest BCUT2D eigenvalue weighted by Crippen LogP contribution is -2.54. The van der Waals surface area contributed by atoms with E-state index in [-0.39, 0.29) is 18.0 Å². The number of benzene rings is 1. The fourth-order valence-corrected chi connectivity index (χ4v) is 3.61. The van der Waals surface area contributed by atoms with Crippen molar-refractivity contribution in [1.82, 2.24) is 9.80 Å². The van der Waals surface area contributed by atoms with Crippen LogP contribution in [0.25, 0.3) is 0 Å². The molecule has 2 saturated heterocycles. The highest BCUT2D eigenvalue weighted by Gasteiger charge is 2.45. The van der Waals surface area contributed by atoms with E-state index in [1.807, 2.05) is 30.9 Å². The number of aryl methyl sites for hydroxylation is 2. The minimum absolute atomic E-state index is 0.0251. The molecule has 0 aliphatic carbocycles. The van der Waals surface area contributed by atoms with Crippen molar-refractivity contribution in [2.75, 3.05) is 13.1 Å². The summed E-state index contributed by atoms with van der Waals surface area (Å²) in [4.78, 5) is 27.0. The molecule has 2 heterocycles. The largest absolute Gasteiger partial charge is 0.465 e. The highest BCUT2D eigenvalue weighted by molar-refractivity contribution is 5.80. The number of carboxylic acid groups (broad SMARTS) is 1. The minimum atomic E-state index is -0.903. The highest BCUT2D eigenvalue weighted by atomic mass is 16.4. The van der Waals surface area contributed by atoms with Gasteiger partial charge in [-0.05, 0) is 31.4 Å². The summed E-state index contributed by atoms with van der Waals surface area (Å²) in [5.74, 6) is 0.153. The van der Waals surface area contributed by atoms with Gasteiger partial charge in [-0.15, -0.1) is 0 Å². The van der Waals surface area contributed by atoms with Crippen LogP contribution in [0.4, 0.5) is 4.79 Å². The molecule has 5 nitrogen and oxygen atoms in total. The van der Waals surface area contributed by atoms with E-state index in [0.717, 1.165) is 23.1 Å². The Labute approximate surface area is 124 Å². The third-order valence-electron chi connectivity index (χ3n) is 4.66. The summed E-state index contributed by atoms with van der Waals surface area (Å²) in [5.41, 5.74) is 3.22. The van der Waals surface area contributed by atoms with Gasteiger partial charge in [0.25, 0.3) is 0 Å². The van der Waals surface area contributed by atoms with Crippen LogP contribution in [0, 0.1) is 13.8 Å². The lowest BCUT2D eigenvalue weighted by Gasteiger charge is -2.44. The number of carbonyl (C=O) groups excluding carboxylic acids is 1. The molecule has 5 heteroatoms. The number of fused-ring (bicyclic) bond motifs is 1. The first-order chi connectivity index (χ1) is 9.99. The number of carbonyl (C=O) groups is 2. The third kappa shape index (κ3) is 2.26.